The van der Waals surface area contributed by atoms with Crippen LogP contribution in [-0.4, -0.2) is 51.1 Å². The molecule has 0 saturated carbocycles. The summed E-state index contributed by atoms with van der Waals surface area (Å²) in [5.74, 6) is -2.22. The number of rotatable bonds is 6. The Morgan fingerprint density at radius 3 is 2.85 bits per heavy atom. The van der Waals surface area contributed by atoms with Crippen molar-refractivity contribution in [2.24, 2.45) is 5.92 Å². The first-order valence-corrected chi connectivity index (χ1v) is 14.1. The fourth-order valence-corrected chi connectivity index (χ4v) is 6.19. The van der Waals surface area contributed by atoms with E-state index in [-0.39, 0.29) is 30.4 Å². The molecule has 5 heterocycles. The van der Waals surface area contributed by atoms with Crippen LogP contribution >= 0.6 is 11.3 Å². The number of hydrogen-bond donors (Lipinski definition) is 3. The topological polar surface area (TPSA) is 94.7 Å². The van der Waals surface area contributed by atoms with E-state index in [0.717, 1.165) is 38.2 Å². The van der Waals surface area contributed by atoms with E-state index in [9.17, 15) is 8.78 Å². The zero-order chi connectivity index (χ0) is 28.0. The summed E-state index contributed by atoms with van der Waals surface area (Å²) in [5.41, 5.74) is 12.2. The first kappa shape index (κ1) is 26.3. The molecule has 2 aliphatic rings. The third kappa shape index (κ3) is 5.26. The van der Waals surface area contributed by atoms with Crippen LogP contribution in [0.1, 0.15) is 35.0 Å². The summed E-state index contributed by atoms with van der Waals surface area (Å²) >= 11 is 1.68. The number of nitrogens with zero attached hydrogens (tertiary/aromatic N) is 3. The summed E-state index contributed by atoms with van der Waals surface area (Å²) in [6.45, 7) is 4.77. The van der Waals surface area contributed by atoms with Crippen molar-refractivity contribution in [3.63, 3.8) is 0 Å². The minimum absolute atomic E-state index is 0.102. The SMILES string of the molecule is Cc1ccc(-c2nccc3[nH]c(C(=N)c4cc(C5=C[C@@H](C)C=CC(CN6CCC(F)(F)C6)=C5)cnc4N)cc23)s1. The highest BCUT2D eigenvalue weighted by Crippen LogP contribution is 2.34. The van der Waals surface area contributed by atoms with Crippen molar-refractivity contribution in [1.82, 2.24) is 19.9 Å². The number of fused-ring (bicyclic) bond motifs is 1. The smallest absolute Gasteiger partial charge is 0.261 e. The number of aryl methyl sites for hydroxylation is 1. The second kappa shape index (κ2) is 10.2. The van der Waals surface area contributed by atoms with Gasteiger partial charge in [-0.2, -0.15) is 0 Å². The highest BCUT2D eigenvalue weighted by molar-refractivity contribution is 7.15. The van der Waals surface area contributed by atoms with Gasteiger partial charge in [-0.25, -0.2) is 13.8 Å². The number of halogens is 2. The lowest BCUT2D eigenvalue weighted by Crippen LogP contribution is -2.26. The summed E-state index contributed by atoms with van der Waals surface area (Å²) in [6.07, 6.45) is 11.6. The van der Waals surface area contributed by atoms with Gasteiger partial charge < -0.3 is 10.7 Å². The molecule has 1 aliphatic heterocycles. The van der Waals surface area contributed by atoms with Gasteiger partial charge in [-0.1, -0.05) is 31.2 Å². The number of pyridine rings is 2. The van der Waals surface area contributed by atoms with Crippen LogP contribution in [0.25, 0.3) is 27.0 Å². The molecule has 0 radical (unpaired) electrons. The Morgan fingerprint density at radius 1 is 1.25 bits per heavy atom. The normalized spacial score (nSPS) is 19.1. The largest absolute Gasteiger partial charge is 0.383 e. The zero-order valence-electron chi connectivity index (χ0n) is 22.3. The van der Waals surface area contributed by atoms with Gasteiger partial charge in [0.1, 0.15) is 5.82 Å². The van der Waals surface area contributed by atoms with Crippen LogP contribution in [0.15, 0.2) is 72.6 Å². The molecule has 4 N–H and O–H groups in total. The molecule has 1 aliphatic carbocycles. The van der Waals surface area contributed by atoms with E-state index in [1.807, 2.05) is 30.4 Å². The fourth-order valence-electron chi connectivity index (χ4n) is 5.31. The summed E-state index contributed by atoms with van der Waals surface area (Å²) in [4.78, 5) is 16.5. The highest BCUT2D eigenvalue weighted by Gasteiger charge is 2.38. The van der Waals surface area contributed by atoms with E-state index in [1.165, 1.54) is 4.88 Å². The van der Waals surface area contributed by atoms with Crippen LogP contribution in [0.3, 0.4) is 0 Å². The number of nitrogens with two attached hydrogens (primary N) is 1. The molecule has 1 fully saturated rings. The molecule has 4 aromatic rings. The number of allylic oxidation sites excluding steroid dienone is 4. The number of nitrogen functional groups attached to an aromatic ring is 1. The number of hydrogen-bond acceptors (Lipinski definition) is 6. The fraction of sp³-hybridized carbons (Fsp3) is 0.258. The number of H-pyrrole nitrogens is 1. The molecule has 0 spiro atoms. The molecule has 40 heavy (non-hydrogen) atoms. The first-order chi connectivity index (χ1) is 19.1. The molecule has 1 saturated heterocycles. The minimum atomic E-state index is -2.63. The number of anilines is 1. The van der Waals surface area contributed by atoms with E-state index in [1.54, 1.807) is 28.6 Å². The quantitative estimate of drug-likeness (QED) is 0.226. The van der Waals surface area contributed by atoms with Crippen molar-refractivity contribution in [2.75, 3.05) is 25.4 Å². The molecule has 0 amide bonds. The first-order valence-electron chi connectivity index (χ1n) is 13.3. The van der Waals surface area contributed by atoms with Crippen LogP contribution in [0.5, 0.6) is 0 Å². The van der Waals surface area contributed by atoms with Crippen LogP contribution in [0.2, 0.25) is 0 Å². The Hall–Kier alpha value is -3.95. The number of aromatic amines is 1. The van der Waals surface area contributed by atoms with Gasteiger partial charge in [0.25, 0.3) is 5.92 Å². The Labute approximate surface area is 235 Å². The number of thiophene rings is 1. The summed E-state index contributed by atoms with van der Waals surface area (Å²) in [7, 11) is 0. The Balaban J connectivity index is 1.32. The summed E-state index contributed by atoms with van der Waals surface area (Å²) in [5, 5.41) is 9.99. The van der Waals surface area contributed by atoms with Gasteiger partial charge in [-0.05, 0) is 54.3 Å². The van der Waals surface area contributed by atoms with Gasteiger partial charge in [-0.3, -0.25) is 15.3 Å². The molecule has 0 unspecified atom stereocenters. The van der Waals surface area contributed by atoms with Crippen LogP contribution in [-0.2, 0) is 0 Å². The van der Waals surface area contributed by atoms with Gasteiger partial charge in [0.2, 0.25) is 0 Å². The third-order valence-electron chi connectivity index (χ3n) is 7.36. The maximum Gasteiger partial charge on any atom is 0.261 e. The van der Waals surface area contributed by atoms with Gasteiger partial charge in [0.15, 0.2) is 0 Å². The lowest BCUT2D eigenvalue weighted by Gasteiger charge is -2.16. The molecule has 6 nitrogen and oxygen atoms in total. The maximum atomic E-state index is 13.8. The predicted octanol–water partition coefficient (Wildman–Crippen LogP) is 6.85. The van der Waals surface area contributed by atoms with Crippen LogP contribution in [0.4, 0.5) is 14.6 Å². The molecular formula is C31H30F2N6S. The van der Waals surface area contributed by atoms with Crippen molar-refractivity contribution in [1.29, 1.82) is 5.41 Å². The number of aromatic nitrogens is 3. The van der Waals surface area contributed by atoms with Crippen LogP contribution < -0.4 is 5.73 Å². The minimum Gasteiger partial charge on any atom is -0.383 e. The van der Waals surface area contributed by atoms with E-state index in [2.05, 4.69) is 53.1 Å². The Morgan fingerprint density at radius 2 is 2.10 bits per heavy atom. The van der Waals surface area contributed by atoms with E-state index in [4.69, 9.17) is 11.1 Å². The van der Waals surface area contributed by atoms with Crippen LogP contribution in [0, 0.1) is 18.3 Å². The van der Waals surface area contributed by atoms with Gasteiger partial charge in [0.05, 0.1) is 28.5 Å². The van der Waals surface area contributed by atoms with Gasteiger partial charge in [0, 0.05) is 58.8 Å². The van der Waals surface area contributed by atoms with Crippen molar-refractivity contribution < 1.29 is 8.78 Å². The second-order valence-corrected chi connectivity index (χ2v) is 11.9. The third-order valence-corrected chi connectivity index (χ3v) is 8.37. The molecule has 9 heteroatoms. The zero-order valence-corrected chi connectivity index (χ0v) is 23.2. The Kier molecular flexibility index (Phi) is 6.72. The van der Waals surface area contributed by atoms with E-state index >= 15 is 0 Å². The predicted molar refractivity (Wildman–Crippen MR) is 159 cm³/mol. The average Bonchev–Trinajstić information content (AvgIpc) is 3.61. The second-order valence-electron chi connectivity index (χ2n) is 10.6. The molecule has 6 rings (SSSR count). The van der Waals surface area contributed by atoms with Crippen molar-refractivity contribution in [3.05, 3.63) is 94.3 Å². The molecular weight excluding hydrogens is 526 g/mol. The average molecular weight is 557 g/mol. The maximum absolute atomic E-state index is 13.8. The molecule has 4 aromatic heterocycles. The van der Waals surface area contributed by atoms with E-state index < -0.39 is 5.92 Å². The number of nitrogens with one attached hydrogen (secondary N) is 2. The summed E-state index contributed by atoms with van der Waals surface area (Å²) in [6, 6.07) is 9.88. The number of likely N-dealkylation sites (tertiary alicyclic amines) is 1. The molecule has 0 bridgehead atoms. The molecule has 204 valence electrons. The van der Waals surface area contributed by atoms with Gasteiger partial charge >= 0.3 is 0 Å². The standard InChI is InChI=1S/C31H30F2N6S/c1-18-3-5-20(16-39-10-8-31(32,33)17-39)12-21(11-18)22-13-24(30(35)37-15-22)28(34)26-14-23-25(38-26)7-9-36-29(23)27-6-4-19(2)40-27/h3-7,9,11-15,18,34,38H,8,10,16-17H2,1-2H3,(H2,35,37)/t18-/m0/s1. The molecule has 0 aromatic carbocycles. The monoisotopic (exact) mass is 556 g/mol. The lowest BCUT2D eigenvalue weighted by atomic mass is 9.98. The van der Waals surface area contributed by atoms with E-state index in [0.29, 0.717) is 24.3 Å². The van der Waals surface area contributed by atoms with Crippen molar-refractivity contribution >= 4 is 39.3 Å². The van der Waals surface area contributed by atoms with Crippen molar-refractivity contribution in [2.45, 2.75) is 26.2 Å². The van der Waals surface area contributed by atoms with Gasteiger partial charge in [-0.15, -0.1) is 11.3 Å². The summed E-state index contributed by atoms with van der Waals surface area (Å²) < 4.78 is 27.5. The highest BCUT2D eigenvalue weighted by atomic mass is 32.1. The molecule has 1 atom stereocenters. The van der Waals surface area contributed by atoms with Crippen molar-refractivity contribution in [3.8, 4) is 10.6 Å². The lowest BCUT2D eigenvalue weighted by molar-refractivity contribution is 0.0131. The number of alkyl halides is 2. The Bertz CT molecular complexity index is 1710.